The van der Waals surface area contributed by atoms with Crippen LogP contribution in [0.5, 0.6) is 5.75 Å². The zero-order chi connectivity index (χ0) is 14.3. The highest BCUT2D eigenvalue weighted by atomic mass is 16.6. The molecule has 0 atom stereocenters. The second kappa shape index (κ2) is 7.35. The maximum absolute atomic E-state index is 11.6. The number of ether oxygens (including phenoxy) is 3. The average Bonchev–Trinajstić information content (AvgIpc) is 2.36. The minimum absolute atomic E-state index is 0.134. The highest BCUT2D eigenvalue weighted by Gasteiger charge is 2.12. The molecule has 0 N–H and O–H groups in total. The van der Waals surface area contributed by atoms with Crippen LogP contribution in [-0.4, -0.2) is 36.2 Å². The third-order valence-corrected chi connectivity index (χ3v) is 1.95. The summed E-state index contributed by atoms with van der Waals surface area (Å²) in [6.07, 6.45) is 1.19. The number of carbonyl (C=O) groups is 2. The second-order valence-electron chi connectivity index (χ2n) is 3.92. The van der Waals surface area contributed by atoms with Gasteiger partial charge in [0, 0.05) is 12.3 Å². The third-order valence-electron chi connectivity index (χ3n) is 1.95. The number of hydrogen-bond donors (Lipinski definition) is 0. The predicted octanol–water partition coefficient (Wildman–Crippen LogP) is 1.59. The van der Waals surface area contributed by atoms with Crippen LogP contribution in [0.1, 0.15) is 31.3 Å². The fraction of sp³-hybridized carbons (Fsp3) is 0.462. The van der Waals surface area contributed by atoms with Crippen molar-refractivity contribution in [2.45, 2.75) is 26.9 Å². The van der Waals surface area contributed by atoms with Crippen molar-refractivity contribution in [1.82, 2.24) is 4.98 Å². The molecule has 0 saturated carbocycles. The van der Waals surface area contributed by atoms with E-state index >= 15 is 0 Å². The highest BCUT2D eigenvalue weighted by Crippen LogP contribution is 2.12. The topological polar surface area (TPSA) is 74.7 Å². The van der Waals surface area contributed by atoms with Crippen molar-refractivity contribution in [3.63, 3.8) is 0 Å². The van der Waals surface area contributed by atoms with E-state index < -0.39 is 11.9 Å². The number of esters is 2. The number of aromatic nitrogens is 1. The Morgan fingerprint density at radius 2 is 2.11 bits per heavy atom. The van der Waals surface area contributed by atoms with Gasteiger partial charge in [0.15, 0.2) is 12.3 Å². The van der Waals surface area contributed by atoms with E-state index in [-0.39, 0.29) is 18.4 Å². The van der Waals surface area contributed by atoms with Crippen LogP contribution >= 0.6 is 0 Å². The Hall–Kier alpha value is -2.11. The monoisotopic (exact) mass is 267 g/mol. The van der Waals surface area contributed by atoms with Crippen molar-refractivity contribution in [3.05, 3.63) is 24.0 Å². The van der Waals surface area contributed by atoms with Gasteiger partial charge in [0.2, 0.25) is 0 Å². The minimum atomic E-state index is -0.531. The first-order valence-corrected chi connectivity index (χ1v) is 5.98. The Kier molecular flexibility index (Phi) is 5.78. The molecule has 0 saturated heterocycles. The fourth-order valence-electron chi connectivity index (χ4n) is 1.23. The molecule has 19 heavy (non-hydrogen) atoms. The molecule has 6 heteroatoms. The number of hydrogen-bond acceptors (Lipinski definition) is 6. The molecule has 0 amide bonds. The van der Waals surface area contributed by atoms with Crippen molar-refractivity contribution >= 4 is 11.9 Å². The molecule has 1 aromatic heterocycles. The van der Waals surface area contributed by atoms with Crippen LogP contribution in [0, 0.1) is 0 Å². The van der Waals surface area contributed by atoms with Gasteiger partial charge >= 0.3 is 11.9 Å². The Morgan fingerprint density at radius 1 is 1.37 bits per heavy atom. The molecule has 0 aromatic carbocycles. The van der Waals surface area contributed by atoms with Gasteiger partial charge in [-0.2, -0.15) is 0 Å². The first kappa shape index (κ1) is 14.9. The molecule has 0 aliphatic heterocycles. The van der Waals surface area contributed by atoms with Crippen LogP contribution in [-0.2, 0) is 14.3 Å². The molecule has 1 heterocycles. The van der Waals surface area contributed by atoms with E-state index in [9.17, 15) is 9.59 Å². The van der Waals surface area contributed by atoms with E-state index in [0.29, 0.717) is 12.4 Å². The van der Waals surface area contributed by atoms with Crippen molar-refractivity contribution in [2.75, 3.05) is 13.2 Å². The molecule has 0 radical (unpaired) electrons. The molecule has 0 fully saturated rings. The van der Waals surface area contributed by atoms with Gasteiger partial charge < -0.3 is 14.2 Å². The Labute approximate surface area is 111 Å². The summed E-state index contributed by atoms with van der Waals surface area (Å²) in [5.74, 6) is -0.638. The minimum Gasteiger partial charge on any atom is -0.482 e. The van der Waals surface area contributed by atoms with Crippen molar-refractivity contribution in [1.29, 1.82) is 0 Å². The van der Waals surface area contributed by atoms with E-state index in [1.165, 1.54) is 12.3 Å². The zero-order valence-electron chi connectivity index (χ0n) is 11.2. The predicted molar refractivity (Wildman–Crippen MR) is 66.9 cm³/mol. The van der Waals surface area contributed by atoms with Gasteiger partial charge in [-0.25, -0.2) is 14.6 Å². The molecule has 0 unspecified atom stereocenters. The summed E-state index contributed by atoms with van der Waals surface area (Å²) in [5, 5.41) is 0. The van der Waals surface area contributed by atoms with E-state index in [1.54, 1.807) is 26.8 Å². The van der Waals surface area contributed by atoms with Crippen LogP contribution in [0.2, 0.25) is 0 Å². The maximum Gasteiger partial charge on any atom is 0.357 e. The van der Waals surface area contributed by atoms with Gasteiger partial charge in [-0.1, -0.05) is 0 Å². The number of carbonyl (C=O) groups excluding carboxylic acids is 2. The highest BCUT2D eigenvalue weighted by molar-refractivity contribution is 5.87. The summed E-state index contributed by atoms with van der Waals surface area (Å²) in [7, 11) is 0. The summed E-state index contributed by atoms with van der Waals surface area (Å²) in [6.45, 7) is 5.30. The van der Waals surface area contributed by atoms with Crippen molar-refractivity contribution in [3.8, 4) is 5.75 Å². The van der Waals surface area contributed by atoms with Gasteiger partial charge in [0.25, 0.3) is 0 Å². The average molecular weight is 267 g/mol. The molecule has 0 aliphatic carbocycles. The summed E-state index contributed by atoms with van der Waals surface area (Å²) in [5.41, 5.74) is 0.134. The third kappa shape index (κ3) is 5.37. The van der Waals surface area contributed by atoms with Gasteiger partial charge in [-0.15, -0.1) is 0 Å². The molecular formula is C13H17NO5. The molecule has 0 bridgehead atoms. The normalized spacial score (nSPS) is 10.1. The largest absolute Gasteiger partial charge is 0.482 e. The Bertz CT molecular complexity index is 444. The van der Waals surface area contributed by atoms with E-state index in [0.717, 1.165) is 0 Å². The summed E-state index contributed by atoms with van der Waals surface area (Å²) < 4.78 is 14.9. The Morgan fingerprint density at radius 3 is 2.74 bits per heavy atom. The lowest BCUT2D eigenvalue weighted by Crippen LogP contribution is -2.16. The molecule has 1 aromatic rings. The van der Waals surface area contributed by atoms with Crippen LogP contribution in [0.15, 0.2) is 18.3 Å². The molecule has 104 valence electrons. The zero-order valence-corrected chi connectivity index (χ0v) is 11.2. The quantitative estimate of drug-likeness (QED) is 0.729. The van der Waals surface area contributed by atoms with Crippen LogP contribution in [0.4, 0.5) is 0 Å². The number of pyridine rings is 1. The van der Waals surface area contributed by atoms with Gasteiger partial charge in [-0.05, 0) is 26.8 Å². The van der Waals surface area contributed by atoms with Gasteiger partial charge in [0.1, 0.15) is 5.75 Å². The van der Waals surface area contributed by atoms with Crippen molar-refractivity contribution in [2.24, 2.45) is 0 Å². The smallest absolute Gasteiger partial charge is 0.357 e. The standard InChI is InChI=1S/C13H17NO5/c1-4-17-12(15)8-18-10-5-6-14-11(7-10)13(16)19-9(2)3/h5-7,9H,4,8H2,1-3H3. The van der Waals surface area contributed by atoms with Crippen molar-refractivity contribution < 1.29 is 23.8 Å². The van der Waals surface area contributed by atoms with E-state index in [2.05, 4.69) is 4.98 Å². The van der Waals surface area contributed by atoms with E-state index in [4.69, 9.17) is 14.2 Å². The summed E-state index contributed by atoms with van der Waals surface area (Å²) in [4.78, 5) is 26.6. The van der Waals surface area contributed by atoms with Gasteiger partial charge in [-0.3, -0.25) is 0 Å². The lowest BCUT2D eigenvalue weighted by Gasteiger charge is -2.09. The molecular weight excluding hydrogens is 250 g/mol. The number of rotatable bonds is 6. The van der Waals surface area contributed by atoms with E-state index in [1.807, 2.05) is 0 Å². The molecule has 1 rings (SSSR count). The lowest BCUT2D eigenvalue weighted by molar-refractivity contribution is -0.145. The van der Waals surface area contributed by atoms with Gasteiger partial charge in [0.05, 0.1) is 12.7 Å². The van der Waals surface area contributed by atoms with Crippen LogP contribution in [0.3, 0.4) is 0 Å². The summed E-state index contributed by atoms with van der Waals surface area (Å²) >= 11 is 0. The molecule has 6 nitrogen and oxygen atoms in total. The second-order valence-corrected chi connectivity index (χ2v) is 3.92. The summed E-state index contributed by atoms with van der Waals surface area (Å²) in [6, 6.07) is 2.97. The SMILES string of the molecule is CCOC(=O)COc1ccnc(C(=O)OC(C)C)c1. The fourth-order valence-corrected chi connectivity index (χ4v) is 1.23. The molecule has 0 spiro atoms. The molecule has 0 aliphatic rings. The maximum atomic E-state index is 11.6. The Balaban J connectivity index is 2.61. The lowest BCUT2D eigenvalue weighted by atomic mass is 10.3. The van der Waals surface area contributed by atoms with Crippen LogP contribution < -0.4 is 4.74 Å². The van der Waals surface area contributed by atoms with Crippen LogP contribution in [0.25, 0.3) is 0 Å². The first-order valence-electron chi connectivity index (χ1n) is 5.98. The first-order chi connectivity index (χ1) is 9.02. The number of nitrogens with zero attached hydrogens (tertiary/aromatic N) is 1.